The Morgan fingerprint density at radius 1 is 1.58 bits per heavy atom. The highest BCUT2D eigenvalue weighted by molar-refractivity contribution is 5.33. The van der Waals surface area contributed by atoms with Gasteiger partial charge < -0.3 is 14.7 Å². The molecule has 2 atom stereocenters. The molecule has 3 heteroatoms. The van der Waals surface area contributed by atoms with Crippen LogP contribution in [0.4, 0.5) is 0 Å². The number of methoxy groups -OCH3 is 1. The summed E-state index contributed by atoms with van der Waals surface area (Å²) in [7, 11) is 2.77. The van der Waals surface area contributed by atoms with Gasteiger partial charge in [0.15, 0.2) is 0 Å². The van der Waals surface area contributed by atoms with E-state index >= 15 is 0 Å². The van der Waals surface area contributed by atoms with E-state index in [0.717, 1.165) is 17.7 Å². The number of aliphatic hydroxyl groups is 1. The molecule has 106 valence electrons. The van der Waals surface area contributed by atoms with Gasteiger partial charge in [0.2, 0.25) is 0 Å². The van der Waals surface area contributed by atoms with E-state index in [4.69, 9.17) is 11.6 Å². The fourth-order valence-electron chi connectivity index (χ4n) is 2.80. The molecule has 0 unspecified atom stereocenters. The molecule has 0 bridgehead atoms. The minimum absolute atomic E-state index is 0.388. The van der Waals surface area contributed by atoms with Gasteiger partial charge >= 0.3 is 0 Å². The van der Waals surface area contributed by atoms with Crippen LogP contribution in [0.3, 0.4) is 0 Å². The van der Waals surface area contributed by atoms with Crippen molar-refractivity contribution in [2.24, 2.45) is 5.92 Å². The molecule has 0 amide bonds. The number of ether oxygens (including phenoxy) is 1. The second kappa shape index (κ2) is 5.93. The maximum Gasteiger partial charge on any atom is 0.119 e. The van der Waals surface area contributed by atoms with E-state index in [9.17, 15) is 5.11 Å². The summed E-state index contributed by atoms with van der Waals surface area (Å²) in [5, 5.41) is 11.4. The summed E-state index contributed by atoms with van der Waals surface area (Å²) in [4.78, 5) is 0.751. The second-order valence-corrected chi connectivity index (χ2v) is 5.14. The van der Waals surface area contributed by atoms with Crippen LogP contribution in [-0.4, -0.2) is 37.6 Å². The Kier molecular flexibility index (Phi) is 2.80. The quantitative estimate of drug-likeness (QED) is 0.911. The molecule has 1 saturated carbocycles. The fourth-order valence-corrected chi connectivity index (χ4v) is 2.80. The van der Waals surface area contributed by atoms with Gasteiger partial charge in [-0.25, -0.2) is 0 Å². The third-order valence-corrected chi connectivity index (χ3v) is 3.80. The summed E-state index contributed by atoms with van der Waals surface area (Å²) >= 11 is 0. The third kappa shape index (κ3) is 3.10. The zero-order chi connectivity index (χ0) is 18.2. The molecule has 0 heterocycles. The first-order valence-electron chi connectivity index (χ1n) is 9.14. The van der Waals surface area contributed by atoms with Crippen LogP contribution >= 0.6 is 0 Å². The van der Waals surface area contributed by atoms with Crippen LogP contribution in [0.15, 0.2) is 24.3 Å². The predicted octanol–water partition coefficient (Wildman–Crippen LogP) is 2.63. The van der Waals surface area contributed by atoms with E-state index in [1.807, 2.05) is 0 Å². The molecule has 0 saturated heterocycles. The molecule has 0 aromatic heterocycles. The number of hydrogen-bond acceptors (Lipinski definition) is 3. The van der Waals surface area contributed by atoms with Gasteiger partial charge in [-0.3, -0.25) is 0 Å². The van der Waals surface area contributed by atoms with E-state index in [1.165, 1.54) is 14.2 Å². The molecular formula is C16H25NO2. The molecule has 19 heavy (non-hydrogen) atoms. The molecule has 1 N–H and O–H groups in total. The Hall–Kier alpha value is -1.06. The first-order chi connectivity index (χ1) is 11.0. The van der Waals surface area contributed by atoms with Crippen molar-refractivity contribution in [2.45, 2.75) is 31.3 Å². The van der Waals surface area contributed by atoms with Crippen molar-refractivity contribution in [1.82, 2.24) is 4.90 Å². The predicted molar refractivity (Wildman–Crippen MR) is 77.4 cm³/mol. The van der Waals surface area contributed by atoms with E-state index in [-0.39, 0.29) is 0 Å². The molecule has 3 nitrogen and oxygen atoms in total. The van der Waals surface area contributed by atoms with E-state index < -0.39 is 25.0 Å². The molecule has 1 aromatic carbocycles. The molecule has 1 aromatic rings. The largest absolute Gasteiger partial charge is 0.497 e. The van der Waals surface area contributed by atoms with Gasteiger partial charge in [0, 0.05) is 19.3 Å². The Balaban J connectivity index is 2.46. The van der Waals surface area contributed by atoms with Crippen LogP contribution in [0.1, 0.15) is 38.1 Å². The minimum atomic E-state index is -2.57. The van der Waals surface area contributed by atoms with Crippen LogP contribution < -0.4 is 4.74 Å². The summed E-state index contributed by atoms with van der Waals surface area (Å²) in [6.07, 6.45) is 2.32. The highest BCUT2D eigenvalue weighted by Crippen LogP contribution is 2.42. The van der Waals surface area contributed by atoms with Gasteiger partial charge in [-0.05, 0) is 44.6 Å². The number of hydrogen-bond donors (Lipinski definition) is 1. The van der Waals surface area contributed by atoms with Crippen molar-refractivity contribution in [1.29, 1.82) is 0 Å². The summed E-state index contributed by atoms with van der Waals surface area (Å²) < 4.78 is 44.6. The third-order valence-electron chi connectivity index (χ3n) is 3.80. The fraction of sp³-hybridized carbons (Fsp3) is 0.625. The van der Waals surface area contributed by atoms with Crippen molar-refractivity contribution in [2.75, 3.05) is 27.6 Å². The smallest absolute Gasteiger partial charge is 0.119 e. The maximum atomic E-state index is 11.4. The summed E-state index contributed by atoms with van der Waals surface area (Å²) in [6, 6.07) is 6.95. The average molecular weight is 268 g/mol. The van der Waals surface area contributed by atoms with Gasteiger partial charge in [-0.1, -0.05) is 25.0 Å². The van der Waals surface area contributed by atoms with Gasteiger partial charge in [-0.15, -0.1) is 0 Å². The zero-order valence-corrected chi connectivity index (χ0v) is 11.5. The SMILES string of the molecule is [2H]C([2H])([2H])N(C)C([2H])([2H])[C@@H]1CCCC[C@@]1(O)c1cccc(OC)c1. The van der Waals surface area contributed by atoms with Gasteiger partial charge in [-0.2, -0.15) is 0 Å². The number of rotatable bonds is 4. The molecule has 0 spiro atoms. The first kappa shape index (κ1) is 8.98. The van der Waals surface area contributed by atoms with Gasteiger partial charge in [0.05, 0.1) is 12.7 Å². The molecular weight excluding hydrogens is 238 g/mol. The van der Waals surface area contributed by atoms with Crippen molar-refractivity contribution in [3.63, 3.8) is 0 Å². The zero-order valence-electron chi connectivity index (χ0n) is 16.5. The first-order valence-corrected chi connectivity index (χ1v) is 6.64. The van der Waals surface area contributed by atoms with Crippen LogP contribution in [0.25, 0.3) is 0 Å². The molecule has 1 fully saturated rings. The molecule has 0 radical (unpaired) electrons. The van der Waals surface area contributed by atoms with Crippen molar-refractivity contribution < 1.29 is 16.7 Å². The lowest BCUT2D eigenvalue weighted by Crippen LogP contribution is -2.43. The van der Waals surface area contributed by atoms with E-state index in [2.05, 4.69) is 0 Å². The normalized spacial score (nSPS) is 32.8. The summed E-state index contributed by atoms with van der Waals surface area (Å²) in [6.45, 7) is -4.75. The maximum absolute atomic E-state index is 11.4. The average Bonchev–Trinajstić information content (AvgIpc) is 2.53. The highest BCUT2D eigenvalue weighted by Gasteiger charge is 2.40. The van der Waals surface area contributed by atoms with Crippen molar-refractivity contribution in [3.05, 3.63) is 29.8 Å². The summed E-state index contributed by atoms with van der Waals surface area (Å²) in [5.41, 5.74) is -0.870. The Labute approximate surface area is 123 Å². The Bertz CT molecular complexity index is 578. The lowest BCUT2D eigenvalue weighted by Gasteiger charge is -2.41. The van der Waals surface area contributed by atoms with E-state index in [0.29, 0.717) is 24.2 Å². The van der Waals surface area contributed by atoms with Gasteiger partial charge in [0.25, 0.3) is 0 Å². The van der Waals surface area contributed by atoms with Crippen LogP contribution in [-0.2, 0) is 5.60 Å². The van der Waals surface area contributed by atoms with Gasteiger partial charge in [0.1, 0.15) is 5.75 Å². The van der Waals surface area contributed by atoms with Crippen molar-refractivity contribution in [3.8, 4) is 5.75 Å². The molecule has 1 aliphatic carbocycles. The highest BCUT2D eigenvalue weighted by atomic mass is 16.5. The topological polar surface area (TPSA) is 32.7 Å². The monoisotopic (exact) mass is 268 g/mol. The molecule has 2 rings (SSSR count). The summed E-state index contributed by atoms with van der Waals surface area (Å²) in [5.74, 6) is -0.272. The lowest BCUT2D eigenvalue weighted by molar-refractivity contribution is -0.0619. The van der Waals surface area contributed by atoms with Crippen molar-refractivity contribution >= 4 is 0 Å². The molecule has 0 aliphatic heterocycles. The molecule has 1 aliphatic rings. The Morgan fingerprint density at radius 3 is 3.16 bits per heavy atom. The van der Waals surface area contributed by atoms with Crippen LogP contribution in [0.2, 0.25) is 0 Å². The second-order valence-electron chi connectivity index (χ2n) is 5.14. The number of nitrogens with zero attached hydrogens (tertiary/aromatic N) is 1. The van der Waals surface area contributed by atoms with Crippen LogP contribution in [0.5, 0.6) is 5.75 Å². The Morgan fingerprint density at radius 2 is 2.42 bits per heavy atom. The lowest BCUT2D eigenvalue weighted by atomic mass is 9.71. The van der Waals surface area contributed by atoms with E-state index in [1.54, 1.807) is 24.3 Å². The minimum Gasteiger partial charge on any atom is -0.497 e. The van der Waals surface area contributed by atoms with Crippen LogP contribution in [0, 0.1) is 5.92 Å². The number of benzene rings is 1. The standard InChI is InChI=1S/C16H25NO2/c1-17(2)12-14-7-4-5-10-16(14,18)13-8-6-9-15(11-13)19-3/h6,8-9,11,14,18H,4-5,7,10,12H2,1-3H3/t14-,16+/m0/s1/i1D3,12D2.